The van der Waals surface area contributed by atoms with Crippen molar-refractivity contribution in [1.29, 1.82) is 0 Å². The third kappa shape index (κ3) is 2.77. The summed E-state index contributed by atoms with van der Waals surface area (Å²) in [5.41, 5.74) is 5.90. The molecule has 104 valence electrons. The second kappa shape index (κ2) is 5.96. The van der Waals surface area contributed by atoms with Gasteiger partial charge >= 0.3 is 0 Å². The lowest BCUT2D eigenvalue weighted by Gasteiger charge is -2.03. The molecule has 0 unspecified atom stereocenters. The van der Waals surface area contributed by atoms with E-state index in [1.54, 1.807) is 0 Å². The molecule has 3 aromatic rings. The number of rotatable bonds is 1. The molecule has 0 saturated heterocycles. The minimum atomic E-state index is 0.955. The molecule has 0 aliphatic heterocycles. The fraction of sp³-hybridized carbons (Fsp3) is 0.263. The Hall–Kier alpha value is -2.02. The predicted molar refractivity (Wildman–Crippen MR) is 87.2 cm³/mol. The summed E-state index contributed by atoms with van der Waals surface area (Å²) in [4.78, 5) is 0. The number of benzene rings is 2. The van der Waals surface area contributed by atoms with Crippen LogP contribution in [0.1, 0.15) is 30.5 Å². The molecule has 0 radical (unpaired) electrons. The molecule has 0 aliphatic rings. The monoisotopic (exact) mass is 266 g/mol. The van der Waals surface area contributed by atoms with Crippen molar-refractivity contribution in [2.24, 2.45) is 0 Å². The van der Waals surface area contributed by atoms with E-state index in [0.717, 1.165) is 11.3 Å². The van der Waals surface area contributed by atoms with E-state index in [1.165, 1.54) is 27.6 Å². The molecule has 1 heteroatoms. The highest BCUT2D eigenvalue weighted by Gasteiger charge is 2.08. The SMILES string of the molecule is CC.Cc1ccc(C)c(-c2cc3cc(C)ccc3o2)c1. The number of aryl methyl sites for hydroxylation is 3. The molecule has 2 aromatic carbocycles. The first-order valence-electron chi connectivity index (χ1n) is 7.21. The second-order valence-corrected chi connectivity index (χ2v) is 4.97. The maximum Gasteiger partial charge on any atom is 0.135 e. The van der Waals surface area contributed by atoms with Crippen molar-refractivity contribution in [2.75, 3.05) is 0 Å². The van der Waals surface area contributed by atoms with E-state index in [0.29, 0.717) is 0 Å². The minimum Gasteiger partial charge on any atom is -0.456 e. The van der Waals surface area contributed by atoms with Gasteiger partial charge in [0, 0.05) is 10.9 Å². The highest BCUT2D eigenvalue weighted by molar-refractivity contribution is 5.84. The standard InChI is InChI=1S/C17H16O.C2H6/c1-11-5-7-16-14(8-11)10-17(18-16)15-9-12(2)4-6-13(15)3;1-2/h4-10H,1-3H3;1-2H3. The van der Waals surface area contributed by atoms with Crippen LogP contribution in [0.3, 0.4) is 0 Å². The third-order valence-electron chi connectivity index (χ3n) is 3.33. The van der Waals surface area contributed by atoms with Gasteiger partial charge < -0.3 is 4.42 Å². The van der Waals surface area contributed by atoms with Gasteiger partial charge in [-0.3, -0.25) is 0 Å². The molecule has 0 saturated carbocycles. The largest absolute Gasteiger partial charge is 0.456 e. The summed E-state index contributed by atoms with van der Waals surface area (Å²) in [6.45, 7) is 10.3. The lowest BCUT2D eigenvalue weighted by Crippen LogP contribution is -1.82. The Balaban J connectivity index is 0.000000704. The molecule has 1 heterocycles. The van der Waals surface area contributed by atoms with Crippen LogP contribution in [-0.4, -0.2) is 0 Å². The average molecular weight is 266 g/mol. The molecular weight excluding hydrogens is 244 g/mol. The first-order chi connectivity index (χ1) is 9.63. The van der Waals surface area contributed by atoms with Gasteiger partial charge in [0.1, 0.15) is 11.3 Å². The van der Waals surface area contributed by atoms with Gasteiger partial charge in [-0.25, -0.2) is 0 Å². The van der Waals surface area contributed by atoms with Crippen molar-refractivity contribution in [3.05, 3.63) is 59.2 Å². The van der Waals surface area contributed by atoms with E-state index in [4.69, 9.17) is 4.42 Å². The summed E-state index contributed by atoms with van der Waals surface area (Å²) in [6, 6.07) is 14.9. The molecule has 0 aliphatic carbocycles. The summed E-state index contributed by atoms with van der Waals surface area (Å²) in [6.07, 6.45) is 0. The van der Waals surface area contributed by atoms with Crippen molar-refractivity contribution >= 4 is 11.0 Å². The molecule has 0 atom stereocenters. The van der Waals surface area contributed by atoms with Crippen LogP contribution in [-0.2, 0) is 0 Å². The van der Waals surface area contributed by atoms with E-state index >= 15 is 0 Å². The molecule has 3 rings (SSSR count). The van der Waals surface area contributed by atoms with Crippen LogP contribution in [0.2, 0.25) is 0 Å². The Kier molecular flexibility index (Phi) is 4.29. The van der Waals surface area contributed by atoms with E-state index in [-0.39, 0.29) is 0 Å². The highest BCUT2D eigenvalue weighted by Crippen LogP contribution is 2.30. The van der Waals surface area contributed by atoms with Crippen LogP contribution in [0.5, 0.6) is 0 Å². The lowest BCUT2D eigenvalue weighted by molar-refractivity contribution is 0.631. The van der Waals surface area contributed by atoms with Gasteiger partial charge in [0.2, 0.25) is 0 Å². The van der Waals surface area contributed by atoms with Crippen molar-refractivity contribution in [1.82, 2.24) is 0 Å². The fourth-order valence-corrected chi connectivity index (χ4v) is 2.30. The second-order valence-electron chi connectivity index (χ2n) is 4.97. The summed E-state index contributed by atoms with van der Waals surface area (Å²) >= 11 is 0. The Morgan fingerprint density at radius 1 is 0.750 bits per heavy atom. The molecule has 1 aromatic heterocycles. The average Bonchev–Trinajstić information content (AvgIpc) is 2.86. The molecule has 0 spiro atoms. The third-order valence-corrected chi connectivity index (χ3v) is 3.33. The van der Waals surface area contributed by atoms with Crippen molar-refractivity contribution in [3.8, 4) is 11.3 Å². The maximum absolute atomic E-state index is 5.94. The lowest BCUT2D eigenvalue weighted by atomic mass is 10.0. The van der Waals surface area contributed by atoms with Crippen molar-refractivity contribution < 1.29 is 4.42 Å². The van der Waals surface area contributed by atoms with E-state index in [9.17, 15) is 0 Å². The molecule has 0 N–H and O–H groups in total. The molecular formula is C19H22O. The molecule has 0 amide bonds. The zero-order valence-corrected chi connectivity index (χ0v) is 12.9. The number of hydrogen-bond acceptors (Lipinski definition) is 1. The van der Waals surface area contributed by atoms with Gasteiger partial charge in [-0.05, 0) is 50.6 Å². The van der Waals surface area contributed by atoms with Gasteiger partial charge in [0.25, 0.3) is 0 Å². The van der Waals surface area contributed by atoms with Crippen molar-refractivity contribution in [3.63, 3.8) is 0 Å². The fourth-order valence-electron chi connectivity index (χ4n) is 2.30. The van der Waals surface area contributed by atoms with Crippen LogP contribution in [0, 0.1) is 20.8 Å². The van der Waals surface area contributed by atoms with E-state index in [2.05, 4.69) is 57.2 Å². The van der Waals surface area contributed by atoms with Gasteiger partial charge in [-0.2, -0.15) is 0 Å². The van der Waals surface area contributed by atoms with Gasteiger partial charge in [0.05, 0.1) is 0 Å². The number of furan rings is 1. The van der Waals surface area contributed by atoms with Gasteiger partial charge in [0.15, 0.2) is 0 Å². The highest BCUT2D eigenvalue weighted by atomic mass is 16.3. The van der Waals surface area contributed by atoms with E-state index < -0.39 is 0 Å². The Bertz CT molecular complexity index is 720. The van der Waals surface area contributed by atoms with Crippen LogP contribution in [0.25, 0.3) is 22.3 Å². The summed E-state index contributed by atoms with van der Waals surface area (Å²) in [7, 11) is 0. The van der Waals surface area contributed by atoms with Crippen LogP contribution < -0.4 is 0 Å². The zero-order chi connectivity index (χ0) is 14.7. The molecule has 20 heavy (non-hydrogen) atoms. The quantitative estimate of drug-likeness (QED) is 0.522. The van der Waals surface area contributed by atoms with Crippen LogP contribution in [0.15, 0.2) is 46.9 Å². The van der Waals surface area contributed by atoms with Crippen LogP contribution in [0.4, 0.5) is 0 Å². The topological polar surface area (TPSA) is 13.1 Å². The molecule has 1 nitrogen and oxygen atoms in total. The molecule has 0 bridgehead atoms. The van der Waals surface area contributed by atoms with Gasteiger partial charge in [-0.15, -0.1) is 0 Å². The summed E-state index contributed by atoms with van der Waals surface area (Å²) in [5.74, 6) is 0.955. The predicted octanol–water partition coefficient (Wildman–Crippen LogP) is 6.05. The molecule has 0 fully saturated rings. The van der Waals surface area contributed by atoms with Gasteiger partial charge in [-0.1, -0.05) is 43.2 Å². The first-order valence-corrected chi connectivity index (χ1v) is 7.21. The van der Waals surface area contributed by atoms with Crippen molar-refractivity contribution in [2.45, 2.75) is 34.6 Å². The van der Waals surface area contributed by atoms with Crippen LogP contribution >= 0.6 is 0 Å². The number of fused-ring (bicyclic) bond motifs is 1. The normalized spacial score (nSPS) is 10.2. The zero-order valence-electron chi connectivity index (χ0n) is 12.9. The maximum atomic E-state index is 5.94. The Morgan fingerprint density at radius 3 is 2.15 bits per heavy atom. The first kappa shape index (κ1) is 14.4. The Labute approximate surface area is 121 Å². The Morgan fingerprint density at radius 2 is 1.40 bits per heavy atom. The number of hydrogen-bond donors (Lipinski definition) is 0. The summed E-state index contributed by atoms with van der Waals surface area (Å²) in [5, 5.41) is 1.17. The smallest absolute Gasteiger partial charge is 0.135 e. The summed E-state index contributed by atoms with van der Waals surface area (Å²) < 4.78 is 5.94. The van der Waals surface area contributed by atoms with E-state index in [1.807, 2.05) is 19.9 Å². The minimum absolute atomic E-state index is 0.955.